The first-order valence-electron chi connectivity index (χ1n) is 5.60. The molecule has 0 bridgehead atoms. The molecule has 0 radical (unpaired) electrons. The van der Waals surface area contributed by atoms with Gasteiger partial charge in [0.25, 0.3) is 0 Å². The van der Waals surface area contributed by atoms with Gasteiger partial charge in [-0.25, -0.2) is 0 Å². The highest BCUT2D eigenvalue weighted by molar-refractivity contribution is 7.80. The molecule has 1 aliphatic rings. The first-order valence-corrected chi connectivity index (χ1v) is 6.39. The van der Waals surface area contributed by atoms with Crippen LogP contribution in [-0.4, -0.2) is 22.7 Å². The van der Waals surface area contributed by atoms with E-state index in [9.17, 15) is 14.4 Å². The summed E-state index contributed by atoms with van der Waals surface area (Å²) < 4.78 is 0. The van der Waals surface area contributed by atoms with Gasteiger partial charge < -0.3 is 10.6 Å². The number of rotatable bonds is 3. The smallest absolute Gasteiger partial charge is 0.246 e. The van der Waals surface area contributed by atoms with Crippen molar-refractivity contribution >= 4 is 52.6 Å². The van der Waals surface area contributed by atoms with Crippen molar-refractivity contribution in [2.45, 2.75) is 0 Å². The van der Waals surface area contributed by atoms with Gasteiger partial charge in [0.15, 0.2) is 16.8 Å². The molecule has 0 unspecified atom stereocenters. The van der Waals surface area contributed by atoms with Gasteiger partial charge in [-0.3, -0.25) is 14.4 Å². The lowest BCUT2D eigenvalue weighted by molar-refractivity contribution is -0.140. The van der Waals surface area contributed by atoms with Crippen LogP contribution in [-0.2, 0) is 14.4 Å². The summed E-state index contributed by atoms with van der Waals surface area (Å²) in [6.45, 7) is 0. The van der Waals surface area contributed by atoms with Gasteiger partial charge in [0, 0.05) is 5.02 Å². The van der Waals surface area contributed by atoms with Crippen LogP contribution >= 0.6 is 23.8 Å². The number of hydrogen-bond donors (Lipinski definition) is 2. The van der Waals surface area contributed by atoms with Gasteiger partial charge in [-0.15, -0.1) is 0 Å². The first kappa shape index (κ1) is 14.4. The highest BCUT2D eigenvalue weighted by atomic mass is 35.5. The first-order chi connectivity index (χ1) is 9.47. The van der Waals surface area contributed by atoms with E-state index in [1.165, 1.54) is 12.2 Å². The van der Waals surface area contributed by atoms with Crippen LogP contribution in [0, 0.1) is 5.92 Å². The van der Waals surface area contributed by atoms with E-state index in [4.69, 9.17) is 11.6 Å². The minimum Gasteiger partial charge on any atom is -0.302 e. The van der Waals surface area contributed by atoms with E-state index >= 15 is 0 Å². The summed E-state index contributed by atoms with van der Waals surface area (Å²) in [6.07, 6.45) is 2.69. The van der Waals surface area contributed by atoms with Crippen molar-refractivity contribution in [1.82, 2.24) is 10.6 Å². The number of nitrogens with one attached hydrogen (secondary N) is 2. The second kappa shape index (κ2) is 5.94. The molecule has 2 amide bonds. The maximum atomic E-state index is 11.9. The van der Waals surface area contributed by atoms with Crippen molar-refractivity contribution < 1.29 is 14.4 Å². The summed E-state index contributed by atoms with van der Waals surface area (Å²) in [5, 5.41) is 4.95. The van der Waals surface area contributed by atoms with E-state index in [1.807, 2.05) is 0 Å². The molecule has 1 heterocycles. The zero-order chi connectivity index (χ0) is 14.7. The van der Waals surface area contributed by atoms with Gasteiger partial charge in [0.1, 0.15) is 0 Å². The molecule has 5 nitrogen and oxygen atoms in total. The van der Waals surface area contributed by atoms with E-state index in [0.29, 0.717) is 5.02 Å². The fourth-order valence-electron chi connectivity index (χ4n) is 1.63. The normalized spacial score (nSPS) is 16.1. The van der Waals surface area contributed by atoms with Crippen LogP contribution in [0.5, 0.6) is 0 Å². The SMILES string of the molecule is O=C(/C=C/c1ccc(Cl)cc1)C1C(=O)NC(=S)NC1=O. The Morgan fingerprint density at radius 2 is 1.70 bits per heavy atom. The molecule has 102 valence electrons. The van der Waals surface area contributed by atoms with Crippen LogP contribution in [0.2, 0.25) is 5.02 Å². The lowest BCUT2D eigenvalue weighted by atomic mass is 9.99. The molecular formula is C13H9ClN2O3S. The zero-order valence-corrected chi connectivity index (χ0v) is 11.6. The van der Waals surface area contributed by atoms with E-state index < -0.39 is 23.5 Å². The standard InChI is InChI=1S/C13H9ClN2O3S/c14-8-4-1-7(2-5-8)3-6-9(17)10-11(18)15-13(20)16-12(10)19/h1-6,10H,(H2,15,16,18,19,20)/b6-3+. The number of carbonyl (C=O) groups is 3. The van der Waals surface area contributed by atoms with Crippen molar-refractivity contribution in [1.29, 1.82) is 0 Å². The molecule has 0 atom stereocenters. The molecular weight excluding hydrogens is 300 g/mol. The molecule has 1 saturated heterocycles. The third kappa shape index (κ3) is 3.28. The molecule has 20 heavy (non-hydrogen) atoms. The Morgan fingerprint density at radius 1 is 1.15 bits per heavy atom. The van der Waals surface area contributed by atoms with Crippen LogP contribution in [0.3, 0.4) is 0 Å². The highest BCUT2D eigenvalue weighted by Gasteiger charge is 2.37. The largest absolute Gasteiger partial charge is 0.302 e. The minimum absolute atomic E-state index is 0.0919. The topological polar surface area (TPSA) is 75.3 Å². The van der Waals surface area contributed by atoms with E-state index in [-0.39, 0.29) is 5.11 Å². The van der Waals surface area contributed by atoms with Crippen molar-refractivity contribution in [3.63, 3.8) is 0 Å². The predicted octanol–water partition coefficient (Wildman–Crippen LogP) is 1.07. The average Bonchev–Trinajstić information content (AvgIpc) is 2.37. The highest BCUT2D eigenvalue weighted by Crippen LogP contribution is 2.12. The number of hydrogen-bond acceptors (Lipinski definition) is 4. The van der Waals surface area contributed by atoms with Gasteiger partial charge in [0.2, 0.25) is 11.8 Å². The Bertz CT molecular complexity index is 605. The fourth-order valence-corrected chi connectivity index (χ4v) is 1.95. The quantitative estimate of drug-likeness (QED) is 0.497. The third-order valence-corrected chi connectivity index (χ3v) is 3.05. The average molecular weight is 309 g/mol. The maximum absolute atomic E-state index is 11.9. The van der Waals surface area contributed by atoms with Crippen LogP contribution in [0.15, 0.2) is 30.3 Å². The van der Waals surface area contributed by atoms with Crippen molar-refractivity contribution in [2.75, 3.05) is 0 Å². The summed E-state index contributed by atoms with van der Waals surface area (Å²) in [7, 11) is 0. The van der Waals surface area contributed by atoms with Crippen LogP contribution in [0.4, 0.5) is 0 Å². The van der Waals surface area contributed by atoms with E-state index in [2.05, 4.69) is 22.9 Å². The summed E-state index contributed by atoms with van der Waals surface area (Å²) in [4.78, 5) is 35.0. The van der Waals surface area contributed by atoms with Crippen molar-refractivity contribution in [3.8, 4) is 0 Å². The van der Waals surface area contributed by atoms with E-state index in [0.717, 1.165) is 5.56 Å². The van der Waals surface area contributed by atoms with Crippen LogP contribution in [0.25, 0.3) is 6.08 Å². The molecule has 1 aliphatic heterocycles. The lowest BCUT2D eigenvalue weighted by Gasteiger charge is -2.20. The number of amides is 2. The van der Waals surface area contributed by atoms with Crippen LogP contribution in [0.1, 0.15) is 5.56 Å². The van der Waals surface area contributed by atoms with Gasteiger partial charge in [0.05, 0.1) is 0 Å². The number of thiocarbonyl (C=S) groups is 1. The summed E-state index contributed by atoms with van der Waals surface area (Å²) in [5.41, 5.74) is 0.731. The lowest BCUT2D eigenvalue weighted by Crippen LogP contribution is -2.57. The molecule has 0 saturated carbocycles. The Morgan fingerprint density at radius 3 is 2.25 bits per heavy atom. The monoisotopic (exact) mass is 308 g/mol. The van der Waals surface area contributed by atoms with Crippen molar-refractivity contribution in [3.05, 3.63) is 40.9 Å². The Kier molecular flexibility index (Phi) is 4.26. The summed E-state index contributed by atoms with van der Waals surface area (Å²) in [6, 6.07) is 6.76. The predicted molar refractivity (Wildman–Crippen MR) is 77.9 cm³/mol. The second-order valence-corrected chi connectivity index (χ2v) is 4.87. The molecule has 1 aromatic rings. The number of benzene rings is 1. The molecule has 0 spiro atoms. The number of allylic oxidation sites excluding steroid dienone is 1. The maximum Gasteiger partial charge on any atom is 0.246 e. The number of halogens is 1. The summed E-state index contributed by atoms with van der Waals surface area (Å²) >= 11 is 10.4. The third-order valence-electron chi connectivity index (χ3n) is 2.59. The van der Waals surface area contributed by atoms with Gasteiger partial charge in [-0.1, -0.05) is 29.8 Å². The molecule has 1 fully saturated rings. The molecule has 7 heteroatoms. The van der Waals surface area contributed by atoms with Gasteiger partial charge in [-0.05, 0) is 36.0 Å². The molecule has 1 aromatic carbocycles. The number of ketones is 1. The van der Waals surface area contributed by atoms with Crippen LogP contribution < -0.4 is 10.6 Å². The van der Waals surface area contributed by atoms with E-state index in [1.54, 1.807) is 24.3 Å². The second-order valence-electron chi connectivity index (χ2n) is 4.03. The Labute approximate surface area is 125 Å². The fraction of sp³-hybridized carbons (Fsp3) is 0.0769. The molecule has 0 aliphatic carbocycles. The van der Waals surface area contributed by atoms with Crippen molar-refractivity contribution in [2.24, 2.45) is 5.92 Å². The summed E-state index contributed by atoms with van der Waals surface area (Å²) in [5.74, 6) is -3.46. The minimum atomic E-state index is -1.41. The molecule has 0 aromatic heterocycles. The number of carbonyl (C=O) groups excluding carboxylic acids is 3. The van der Waals surface area contributed by atoms with Gasteiger partial charge >= 0.3 is 0 Å². The molecule has 2 rings (SSSR count). The van der Waals surface area contributed by atoms with Gasteiger partial charge in [-0.2, -0.15) is 0 Å². The Balaban J connectivity index is 2.11. The molecule has 2 N–H and O–H groups in total. The Hall–Kier alpha value is -2.05. The zero-order valence-electron chi connectivity index (χ0n) is 10.1.